The summed E-state index contributed by atoms with van der Waals surface area (Å²) in [6.07, 6.45) is 0.602. The van der Waals surface area contributed by atoms with Gasteiger partial charge in [-0.3, -0.25) is 4.79 Å². The van der Waals surface area contributed by atoms with Crippen molar-refractivity contribution in [1.29, 1.82) is 0 Å². The number of allylic oxidation sites excluding steroid dienone is 1. The highest BCUT2D eigenvalue weighted by atomic mass is 32.2. The van der Waals surface area contributed by atoms with Crippen molar-refractivity contribution in [2.45, 2.75) is 26.8 Å². The molecular formula is C17H26N4O4S. The van der Waals surface area contributed by atoms with E-state index >= 15 is 0 Å². The highest BCUT2D eigenvalue weighted by Crippen LogP contribution is 2.26. The zero-order valence-electron chi connectivity index (χ0n) is 15.6. The Morgan fingerprint density at radius 3 is 2.65 bits per heavy atom. The van der Waals surface area contributed by atoms with E-state index in [4.69, 9.17) is 10.5 Å². The summed E-state index contributed by atoms with van der Waals surface area (Å²) in [7, 11) is 3.19. The molecule has 0 saturated heterocycles. The van der Waals surface area contributed by atoms with Crippen molar-refractivity contribution in [2.75, 3.05) is 32.4 Å². The first-order valence-corrected chi connectivity index (χ1v) is 9.00. The number of amides is 2. The van der Waals surface area contributed by atoms with Crippen LogP contribution in [0, 0.1) is 6.92 Å². The van der Waals surface area contributed by atoms with E-state index in [1.165, 1.54) is 21.6 Å². The van der Waals surface area contributed by atoms with Crippen LogP contribution in [0.25, 0.3) is 0 Å². The fourth-order valence-corrected chi connectivity index (χ4v) is 2.92. The van der Waals surface area contributed by atoms with Crippen LogP contribution in [-0.2, 0) is 16.1 Å². The van der Waals surface area contributed by atoms with Gasteiger partial charge in [-0.15, -0.1) is 0 Å². The summed E-state index contributed by atoms with van der Waals surface area (Å²) in [6.45, 7) is 3.80. The number of hydrogen-bond donors (Lipinski definition) is 2. The highest BCUT2D eigenvalue weighted by Gasteiger charge is 2.14. The van der Waals surface area contributed by atoms with Crippen LogP contribution in [0.1, 0.15) is 24.6 Å². The van der Waals surface area contributed by atoms with Gasteiger partial charge < -0.3 is 25.4 Å². The van der Waals surface area contributed by atoms with Gasteiger partial charge in [0.15, 0.2) is 0 Å². The Kier molecular flexibility index (Phi) is 8.94. The summed E-state index contributed by atoms with van der Waals surface area (Å²) in [5, 5.41) is 9.30. The van der Waals surface area contributed by atoms with Crippen LogP contribution in [0.5, 0.6) is 0 Å². The number of pyridine rings is 1. The fourth-order valence-electron chi connectivity index (χ4n) is 2.06. The van der Waals surface area contributed by atoms with Gasteiger partial charge in [0.1, 0.15) is 11.8 Å². The number of carbonyl (C=O) groups excluding carboxylic acids is 2. The number of nitrogen functional groups attached to an aromatic ring is 1. The zero-order chi connectivity index (χ0) is 19.7. The molecule has 0 fully saturated rings. The molecule has 0 aliphatic rings. The Morgan fingerprint density at radius 1 is 1.42 bits per heavy atom. The third-order valence-corrected chi connectivity index (χ3v) is 4.66. The average Bonchev–Trinajstić information content (AvgIpc) is 2.59. The largest absolute Gasteiger partial charge is 0.438 e. The van der Waals surface area contributed by atoms with Crippen molar-refractivity contribution in [3.63, 3.8) is 0 Å². The van der Waals surface area contributed by atoms with E-state index in [9.17, 15) is 14.7 Å². The second-order valence-corrected chi connectivity index (χ2v) is 6.80. The lowest BCUT2D eigenvalue weighted by Crippen LogP contribution is -2.23. The minimum absolute atomic E-state index is 0.0811. The lowest BCUT2D eigenvalue weighted by Gasteiger charge is -2.22. The van der Waals surface area contributed by atoms with Gasteiger partial charge in [-0.1, -0.05) is 17.8 Å². The van der Waals surface area contributed by atoms with Crippen molar-refractivity contribution in [2.24, 2.45) is 0 Å². The number of anilines is 1. The van der Waals surface area contributed by atoms with Crippen LogP contribution in [0.4, 0.5) is 10.6 Å². The third kappa shape index (κ3) is 6.57. The third-order valence-electron chi connectivity index (χ3n) is 3.57. The maximum absolute atomic E-state index is 11.6. The first kappa shape index (κ1) is 21.8. The molecule has 0 atom stereocenters. The molecule has 0 saturated carbocycles. The summed E-state index contributed by atoms with van der Waals surface area (Å²) < 4.78 is 5.09. The Balaban J connectivity index is 2.90. The number of nitrogens with zero attached hydrogens (tertiary/aromatic N) is 3. The zero-order valence-corrected chi connectivity index (χ0v) is 16.4. The summed E-state index contributed by atoms with van der Waals surface area (Å²) >= 11 is 1.26. The quantitative estimate of drug-likeness (QED) is 0.496. The van der Waals surface area contributed by atoms with E-state index in [0.29, 0.717) is 24.3 Å². The Labute approximate surface area is 158 Å². The smallest absolute Gasteiger partial charge is 0.410 e. The molecule has 1 rings (SSSR count). The SMILES string of the molecule is C/C(=C(\CCO)SCOC(=O)N(C)C)N(C=O)Cc1ccc(C)nc1N. The molecule has 26 heavy (non-hydrogen) atoms. The van der Waals surface area contributed by atoms with Crippen LogP contribution < -0.4 is 5.73 Å². The predicted octanol–water partition coefficient (Wildman–Crippen LogP) is 1.93. The highest BCUT2D eigenvalue weighted by molar-refractivity contribution is 8.02. The molecule has 0 aliphatic heterocycles. The van der Waals surface area contributed by atoms with E-state index < -0.39 is 6.09 Å². The molecule has 1 heterocycles. The normalized spacial score (nSPS) is 11.6. The molecule has 0 spiro atoms. The standard InChI is InChI=1S/C17H26N4O4S/c1-12-5-6-14(16(18)19-12)9-21(10-23)13(2)15(7-8-22)26-11-25-17(24)20(3)4/h5-6,10,22H,7-9,11H2,1-4H3,(H2,18,19)/b15-13-. The van der Waals surface area contributed by atoms with E-state index in [0.717, 1.165) is 16.2 Å². The molecule has 1 aromatic heterocycles. The maximum Gasteiger partial charge on any atom is 0.410 e. The number of rotatable bonds is 9. The fraction of sp³-hybridized carbons (Fsp3) is 0.471. The second kappa shape index (κ2) is 10.7. The molecule has 0 aromatic carbocycles. The number of aryl methyl sites for hydroxylation is 1. The Bertz CT molecular complexity index is 664. The lowest BCUT2D eigenvalue weighted by molar-refractivity contribution is -0.116. The van der Waals surface area contributed by atoms with Gasteiger partial charge in [0.05, 0.1) is 6.54 Å². The molecule has 1 aromatic rings. The van der Waals surface area contributed by atoms with Gasteiger partial charge >= 0.3 is 6.09 Å². The van der Waals surface area contributed by atoms with Crippen LogP contribution in [0.3, 0.4) is 0 Å². The van der Waals surface area contributed by atoms with Crippen LogP contribution >= 0.6 is 11.8 Å². The molecule has 0 bridgehead atoms. The first-order chi connectivity index (χ1) is 12.3. The molecule has 144 valence electrons. The second-order valence-electron chi connectivity index (χ2n) is 5.78. The summed E-state index contributed by atoms with van der Waals surface area (Å²) in [5.74, 6) is 0.464. The van der Waals surface area contributed by atoms with Gasteiger partial charge in [-0.05, 0) is 19.9 Å². The molecule has 2 amide bonds. The van der Waals surface area contributed by atoms with E-state index in [-0.39, 0.29) is 19.1 Å². The number of carbonyl (C=O) groups is 2. The van der Waals surface area contributed by atoms with E-state index in [1.54, 1.807) is 21.0 Å². The molecule has 0 aliphatic carbocycles. The van der Waals surface area contributed by atoms with Gasteiger partial charge in [-0.25, -0.2) is 9.78 Å². The number of aliphatic hydroxyl groups is 1. The van der Waals surface area contributed by atoms with Crippen molar-refractivity contribution >= 4 is 30.1 Å². The molecule has 0 radical (unpaired) electrons. The number of ether oxygens (including phenoxy) is 1. The molecule has 3 N–H and O–H groups in total. The van der Waals surface area contributed by atoms with Crippen LogP contribution in [0.2, 0.25) is 0 Å². The Hall–Kier alpha value is -2.26. The summed E-state index contributed by atoms with van der Waals surface area (Å²) in [5.41, 5.74) is 8.12. The van der Waals surface area contributed by atoms with Crippen molar-refractivity contribution < 1.29 is 19.4 Å². The molecule has 8 nitrogen and oxygen atoms in total. The van der Waals surface area contributed by atoms with Crippen LogP contribution in [0.15, 0.2) is 22.7 Å². The van der Waals surface area contributed by atoms with Crippen molar-refractivity contribution in [3.05, 3.63) is 34.0 Å². The van der Waals surface area contributed by atoms with Crippen molar-refractivity contribution in [3.8, 4) is 0 Å². The minimum atomic E-state index is -0.454. The van der Waals surface area contributed by atoms with Crippen LogP contribution in [-0.4, -0.2) is 59.0 Å². The predicted molar refractivity (Wildman–Crippen MR) is 102 cm³/mol. The van der Waals surface area contributed by atoms with Gasteiger partial charge in [0.2, 0.25) is 6.41 Å². The number of nitrogens with two attached hydrogens (primary N) is 1. The lowest BCUT2D eigenvalue weighted by atomic mass is 10.2. The molecule has 9 heteroatoms. The molecular weight excluding hydrogens is 356 g/mol. The summed E-state index contributed by atoms with van der Waals surface area (Å²) in [4.78, 5) is 30.8. The van der Waals surface area contributed by atoms with Crippen molar-refractivity contribution in [1.82, 2.24) is 14.8 Å². The minimum Gasteiger partial charge on any atom is -0.438 e. The number of hydrogen-bond acceptors (Lipinski definition) is 7. The van der Waals surface area contributed by atoms with Gasteiger partial charge in [0, 0.05) is 49.0 Å². The first-order valence-electron chi connectivity index (χ1n) is 8.01. The summed E-state index contributed by atoms with van der Waals surface area (Å²) in [6, 6.07) is 3.66. The maximum atomic E-state index is 11.6. The average molecular weight is 382 g/mol. The number of thioether (sulfide) groups is 1. The van der Waals surface area contributed by atoms with Gasteiger partial charge in [-0.2, -0.15) is 0 Å². The monoisotopic (exact) mass is 382 g/mol. The van der Waals surface area contributed by atoms with E-state index in [2.05, 4.69) is 4.98 Å². The van der Waals surface area contributed by atoms with E-state index in [1.807, 2.05) is 19.1 Å². The number of aromatic nitrogens is 1. The molecule has 0 unspecified atom stereocenters. The number of aliphatic hydroxyl groups excluding tert-OH is 1. The Morgan fingerprint density at radius 2 is 2.12 bits per heavy atom. The topological polar surface area (TPSA) is 109 Å². The van der Waals surface area contributed by atoms with Gasteiger partial charge in [0.25, 0.3) is 0 Å².